The second-order valence-electron chi connectivity index (χ2n) is 3.34. The van der Waals surface area contributed by atoms with Gasteiger partial charge in [0, 0.05) is 9.61 Å². The second-order valence-corrected chi connectivity index (χ2v) is 4.50. The molecule has 4 heteroatoms. The lowest BCUT2D eigenvalue weighted by Gasteiger charge is -2.28. The molecular formula is C10H10INO2. The van der Waals surface area contributed by atoms with Gasteiger partial charge in [-0.2, -0.15) is 0 Å². The summed E-state index contributed by atoms with van der Waals surface area (Å²) in [5.74, 6) is -0.865. The van der Waals surface area contributed by atoms with Crippen molar-refractivity contribution in [3.05, 3.63) is 32.9 Å². The highest BCUT2D eigenvalue weighted by Gasteiger charge is 2.21. The topological polar surface area (TPSA) is 49.3 Å². The fourth-order valence-corrected chi connectivity index (χ4v) is 2.39. The number of hydrogen-bond donors (Lipinski definition) is 2. The van der Waals surface area contributed by atoms with E-state index in [1.165, 1.54) is 5.56 Å². The van der Waals surface area contributed by atoms with Crippen molar-refractivity contribution in [3.8, 4) is 0 Å². The minimum atomic E-state index is -0.865. The summed E-state index contributed by atoms with van der Waals surface area (Å²) in [6, 6.07) is 5.71. The normalized spacial score (nSPS) is 20.2. The lowest BCUT2D eigenvalue weighted by Crippen LogP contribution is -2.35. The summed E-state index contributed by atoms with van der Waals surface area (Å²) in [6.07, 6.45) is 1.14. The Morgan fingerprint density at radius 2 is 2.29 bits per heavy atom. The maximum absolute atomic E-state index is 10.7. The van der Waals surface area contributed by atoms with Gasteiger partial charge in [0.1, 0.15) is 0 Å². The van der Waals surface area contributed by atoms with E-state index in [0.29, 0.717) is 11.6 Å². The zero-order valence-corrected chi connectivity index (χ0v) is 9.61. The van der Waals surface area contributed by atoms with Crippen LogP contribution in [0.5, 0.6) is 0 Å². The first-order valence-corrected chi connectivity index (χ1v) is 5.52. The zero-order chi connectivity index (χ0) is 10.1. The number of carbonyl (C=O) groups is 1. The van der Waals surface area contributed by atoms with Crippen molar-refractivity contribution in [2.75, 3.05) is 6.54 Å². The number of benzene rings is 1. The number of aromatic carboxylic acids is 1. The predicted molar refractivity (Wildman–Crippen MR) is 61.5 cm³/mol. The molecule has 1 fully saturated rings. The van der Waals surface area contributed by atoms with Crippen molar-refractivity contribution < 1.29 is 9.90 Å². The molecule has 1 aromatic carbocycles. The van der Waals surface area contributed by atoms with Crippen LogP contribution in [0.3, 0.4) is 0 Å². The van der Waals surface area contributed by atoms with Crippen LogP contribution in [0.1, 0.15) is 28.4 Å². The number of halogens is 1. The van der Waals surface area contributed by atoms with Crippen molar-refractivity contribution >= 4 is 28.6 Å². The smallest absolute Gasteiger partial charge is 0.335 e. The van der Waals surface area contributed by atoms with Crippen LogP contribution in [0.15, 0.2) is 18.2 Å². The molecule has 1 heterocycles. The average molecular weight is 303 g/mol. The monoisotopic (exact) mass is 303 g/mol. The number of hydrogen-bond acceptors (Lipinski definition) is 2. The Kier molecular flexibility index (Phi) is 2.73. The Morgan fingerprint density at radius 1 is 1.57 bits per heavy atom. The third-order valence-corrected chi connectivity index (χ3v) is 3.38. The van der Waals surface area contributed by atoms with Crippen LogP contribution in [0, 0.1) is 3.57 Å². The fraction of sp³-hybridized carbons (Fsp3) is 0.300. The van der Waals surface area contributed by atoms with Crippen LogP contribution in [0.4, 0.5) is 0 Å². The van der Waals surface area contributed by atoms with Gasteiger partial charge in [-0.3, -0.25) is 0 Å². The van der Waals surface area contributed by atoms with E-state index in [9.17, 15) is 4.79 Å². The van der Waals surface area contributed by atoms with Gasteiger partial charge >= 0.3 is 5.97 Å². The molecule has 0 spiro atoms. The average Bonchev–Trinajstić information content (AvgIpc) is 2.04. The van der Waals surface area contributed by atoms with Gasteiger partial charge in [0.2, 0.25) is 0 Å². The standard InChI is InChI=1S/C10H10INO2/c11-8-5-6(10(13)14)1-2-7(8)9-3-4-12-9/h1-2,5,9,12H,3-4H2,(H,13,14). The van der Waals surface area contributed by atoms with Crippen molar-refractivity contribution in [1.29, 1.82) is 0 Å². The Morgan fingerprint density at radius 3 is 2.71 bits per heavy atom. The molecule has 0 bridgehead atoms. The van der Waals surface area contributed by atoms with Gasteiger partial charge in [-0.05, 0) is 53.3 Å². The van der Waals surface area contributed by atoms with Crippen LogP contribution >= 0.6 is 22.6 Å². The molecule has 0 aliphatic carbocycles. The van der Waals surface area contributed by atoms with Gasteiger partial charge < -0.3 is 10.4 Å². The highest BCUT2D eigenvalue weighted by Crippen LogP contribution is 2.27. The molecule has 74 valence electrons. The minimum Gasteiger partial charge on any atom is -0.478 e. The third kappa shape index (κ3) is 1.76. The zero-order valence-electron chi connectivity index (χ0n) is 7.46. The Bertz CT molecular complexity index is 374. The van der Waals surface area contributed by atoms with Crippen molar-refractivity contribution in [1.82, 2.24) is 5.32 Å². The Balaban J connectivity index is 2.30. The van der Waals surface area contributed by atoms with Gasteiger partial charge in [0.15, 0.2) is 0 Å². The summed E-state index contributed by atoms with van der Waals surface area (Å²) in [5, 5.41) is 12.1. The van der Waals surface area contributed by atoms with E-state index in [1.54, 1.807) is 12.1 Å². The lowest BCUT2D eigenvalue weighted by atomic mass is 9.97. The summed E-state index contributed by atoms with van der Waals surface area (Å²) in [4.78, 5) is 10.7. The van der Waals surface area contributed by atoms with Gasteiger partial charge in [0.25, 0.3) is 0 Å². The second kappa shape index (κ2) is 3.86. The van der Waals surface area contributed by atoms with E-state index >= 15 is 0 Å². The van der Waals surface area contributed by atoms with Gasteiger partial charge in [-0.25, -0.2) is 4.79 Å². The van der Waals surface area contributed by atoms with Gasteiger partial charge in [-0.1, -0.05) is 6.07 Å². The molecule has 1 aliphatic heterocycles. The molecule has 2 N–H and O–H groups in total. The first-order chi connectivity index (χ1) is 6.68. The van der Waals surface area contributed by atoms with Crippen molar-refractivity contribution in [2.24, 2.45) is 0 Å². The van der Waals surface area contributed by atoms with Crippen LogP contribution in [0.25, 0.3) is 0 Å². The van der Waals surface area contributed by atoms with E-state index in [-0.39, 0.29) is 0 Å². The number of carboxylic acids is 1. The van der Waals surface area contributed by atoms with Crippen LogP contribution < -0.4 is 5.32 Å². The van der Waals surface area contributed by atoms with Crippen LogP contribution in [-0.2, 0) is 0 Å². The molecule has 14 heavy (non-hydrogen) atoms. The van der Waals surface area contributed by atoms with E-state index in [4.69, 9.17) is 5.11 Å². The lowest BCUT2D eigenvalue weighted by molar-refractivity contribution is 0.0696. The largest absolute Gasteiger partial charge is 0.478 e. The Hall–Kier alpha value is -0.620. The maximum Gasteiger partial charge on any atom is 0.335 e. The van der Waals surface area contributed by atoms with Crippen LogP contribution in [0.2, 0.25) is 0 Å². The molecule has 1 atom stereocenters. The maximum atomic E-state index is 10.7. The summed E-state index contributed by atoms with van der Waals surface area (Å²) in [5.41, 5.74) is 1.57. The summed E-state index contributed by atoms with van der Waals surface area (Å²) >= 11 is 2.19. The quantitative estimate of drug-likeness (QED) is 0.822. The third-order valence-electron chi connectivity index (χ3n) is 2.45. The molecule has 1 unspecified atom stereocenters. The van der Waals surface area contributed by atoms with Gasteiger partial charge in [0.05, 0.1) is 5.56 Å². The molecule has 0 aromatic heterocycles. The first-order valence-electron chi connectivity index (χ1n) is 4.44. The van der Waals surface area contributed by atoms with E-state index in [0.717, 1.165) is 16.5 Å². The molecule has 1 aromatic rings. The fourth-order valence-electron chi connectivity index (χ4n) is 1.50. The SMILES string of the molecule is O=C(O)c1ccc(C2CCN2)c(I)c1. The summed E-state index contributed by atoms with van der Waals surface area (Å²) < 4.78 is 1.03. The number of carboxylic acid groups (broad SMARTS) is 1. The highest BCUT2D eigenvalue weighted by atomic mass is 127. The molecule has 0 radical (unpaired) electrons. The van der Waals surface area contributed by atoms with E-state index in [1.807, 2.05) is 6.07 Å². The first kappa shape index (κ1) is 9.92. The molecule has 2 rings (SSSR count). The molecule has 3 nitrogen and oxygen atoms in total. The molecule has 1 saturated heterocycles. The van der Waals surface area contributed by atoms with E-state index < -0.39 is 5.97 Å². The summed E-state index contributed by atoms with van der Waals surface area (Å²) in [7, 11) is 0. The summed E-state index contributed by atoms with van der Waals surface area (Å²) in [6.45, 7) is 1.06. The molecule has 0 saturated carbocycles. The van der Waals surface area contributed by atoms with Crippen molar-refractivity contribution in [2.45, 2.75) is 12.5 Å². The molecule has 1 aliphatic rings. The Labute approximate surface area is 95.7 Å². The number of rotatable bonds is 2. The molecular weight excluding hydrogens is 293 g/mol. The minimum absolute atomic E-state index is 0.359. The predicted octanol–water partition coefficient (Wildman–Crippen LogP) is 2.02. The number of nitrogens with one attached hydrogen (secondary N) is 1. The molecule has 0 amide bonds. The van der Waals surface area contributed by atoms with E-state index in [2.05, 4.69) is 27.9 Å². The van der Waals surface area contributed by atoms with Crippen LogP contribution in [-0.4, -0.2) is 17.6 Å². The highest BCUT2D eigenvalue weighted by molar-refractivity contribution is 14.1. The van der Waals surface area contributed by atoms with Gasteiger partial charge in [-0.15, -0.1) is 0 Å². The van der Waals surface area contributed by atoms with Crippen molar-refractivity contribution in [3.63, 3.8) is 0 Å².